The Hall–Kier alpha value is -2.63. The molecule has 6 heteroatoms. The van der Waals surface area contributed by atoms with Crippen LogP contribution in [0.2, 0.25) is 0 Å². The summed E-state index contributed by atoms with van der Waals surface area (Å²) in [5, 5.41) is 9.17. The van der Waals surface area contributed by atoms with Gasteiger partial charge in [0.05, 0.1) is 5.69 Å². The van der Waals surface area contributed by atoms with Crippen LogP contribution in [-0.4, -0.2) is 29.7 Å². The summed E-state index contributed by atoms with van der Waals surface area (Å²) in [5.74, 6) is -2.66. The highest BCUT2D eigenvalue weighted by Crippen LogP contribution is 2.31. The minimum atomic E-state index is -1.41. The van der Waals surface area contributed by atoms with Crippen molar-refractivity contribution in [3.05, 3.63) is 42.5 Å². The molecule has 1 heterocycles. The highest BCUT2D eigenvalue weighted by Gasteiger charge is 2.41. The largest absolute Gasteiger partial charge is 0.464 e. The van der Waals surface area contributed by atoms with Gasteiger partial charge >= 0.3 is 12.1 Å². The molecular formula is C14H13NO5. The van der Waals surface area contributed by atoms with Crippen LogP contribution in [0.25, 0.3) is 0 Å². The van der Waals surface area contributed by atoms with Gasteiger partial charge in [0.1, 0.15) is 12.5 Å². The number of para-hydroxylation sites is 1. The first-order chi connectivity index (χ1) is 9.56. The number of esters is 1. The number of hydrogen-bond donors (Lipinski definition) is 1. The smallest absolute Gasteiger partial charge is 0.418 e. The maximum Gasteiger partial charge on any atom is 0.418 e. The van der Waals surface area contributed by atoms with Gasteiger partial charge in [0.2, 0.25) is 0 Å². The number of hydrogen-bond acceptors (Lipinski definition) is 4. The second-order valence-corrected chi connectivity index (χ2v) is 4.26. The molecule has 1 atom stereocenters. The number of benzene rings is 1. The van der Waals surface area contributed by atoms with Crippen LogP contribution >= 0.6 is 0 Å². The van der Waals surface area contributed by atoms with Gasteiger partial charge in [-0.05, 0) is 18.1 Å². The number of nitrogens with zero attached hydrogens (tertiary/aromatic N) is 1. The maximum absolute atomic E-state index is 12.2. The fourth-order valence-corrected chi connectivity index (χ4v) is 2.11. The molecule has 1 aliphatic rings. The molecule has 0 aromatic heterocycles. The molecule has 1 aliphatic heterocycles. The zero-order chi connectivity index (χ0) is 14.7. The number of imide groups is 1. The van der Waals surface area contributed by atoms with Gasteiger partial charge in [-0.25, -0.2) is 9.69 Å². The lowest BCUT2D eigenvalue weighted by Gasteiger charge is -2.29. The van der Waals surface area contributed by atoms with E-state index >= 15 is 0 Å². The Morgan fingerprint density at radius 1 is 1.45 bits per heavy atom. The normalized spacial score (nSPS) is 17.3. The molecule has 2 amide bonds. The second-order valence-electron chi connectivity index (χ2n) is 4.26. The van der Waals surface area contributed by atoms with E-state index in [4.69, 9.17) is 9.84 Å². The van der Waals surface area contributed by atoms with Crippen LogP contribution in [0.3, 0.4) is 0 Å². The second kappa shape index (κ2) is 5.56. The summed E-state index contributed by atoms with van der Waals surface area (Å²) in [7, 11) is 0. The van der Waals surface area contributed by atoms with Gasteiger partial charge in [0.15, 0.2) is 0 Å². The zero-order valence-corrected chi connectivity index (χ0v) is 10.6. The number of carboxylic acid groups (broad SMARTS) is 1. The number of anilines is 1. The maximum atomic E-state index is 12.2. The highest BCUT2D eigenvalue weighted by atomic mass is 16.5. The van der Waals surface area contributed by atoms with Gasteiger partial charge in [-0.2, -0.15) is 0 Å². The summed E-state index contributed by atoms with van der Waals surface area (Å²) in [6, 6.07) is 6.58. The van der Waals surface area contributed by atoms with E-state index in [9.17, 15) is 14.4 Å². The van der Waals surface area contributed by atoms with E-state index in [0.29, 0.717) is 10.5 Å². The first-order valence-corrected chi connectivity index (χ1v) is 5.98. The minimum Gasteiger partial charge on any atom is -0.464 e. The lowest BCUT2D eigenvalue weighted by molar-refractivity contribution is -0.150. The molecule has 1 N–H and O–H groups in total. The van der Waals surface area contributed by atoms with Crippen molar-refractivity contribution in [2.24, 2.45) is 5.92 Å². The van der Waals surface area contributed by atoms with Crippen molar-refractivity contribution in [2.45, 2.75) is 6.42 Å². The highest BCUT2D eigenvalue weighted by molar-refractivity contribution is 6.19. The topological polar surface area (TPSA) is 83.9 Å². The SMILES string of the molecule is C=CCOC(=O)C1Cc2ccccc2N(C(=O)O)C1=O. The van der Waals surface area contributed by atoms with E-state index in [-0.39, 0.29) is 18.7 Å². The summed E-state index contributed by atoms with van der Waals surface area (Å²) in [4.78, 5) is 35.8. The molecule has 6 nitrogen and oxygen atoms in total. The quantitative estimate of drug-likeness (QED) is 0.514. The summed E-state index contributed by atoms with van der Waals surface area (Å²) < 4.78 is 4.85. The number of rotatable bonds is 3. The van der Waals surface area contributed by atoms with Crippen molar-refractivity contribution >= 4 is 23.7 Å². The number of ether oxygens (including phenoxy) is 1. The summed E-state index contributed by atoms with van der Waals surface area (Å²) >= 11 is 0. The van der Waals surface area contributed by atoms with Crippen molar-refractivity contribution in [2.75, 3.05) is 11.5 Å². The molecule has 104 valence electrons. The predicted octanol–water partition coefficient (Wildman–Crippen LogP) is 1.60. The molecule has 2 rings (SSSR count). The average molecular weight is 275 g/mol. The van der Waals surface area contributed by atoms with E-state index in [1.54, 1.807) is 18.2 Å². The molecule has 1 aromatic rings. The van der Waals surface area contributed by atoms with E-state index in [1.165, 1.54) is 12.1 Å². The molecule has 0 aliphatic carbocycles. The van der Waals surface area contributed by atoms with Crippen molar-refractivity contribution in [1.82, 2.24) is 0 Å². The van der Waals surface area contributed by atoms with Crippen LogP contribution in [0.5, 0.6) is 0 Å². The number of amides is 2. The third-order valence-corrected chi connectivity index (χ3v) is 2.99. The fourth-order valence-electron chi connectivity index (χ4n) is 2.11. The van der Waals surface area contributed by atoms with E-state index in [0.717, 1.165) is 0 Å². The number of carbonyl (C=O) groups is 3. The Bertz CT molecular complexity index is 581. The van der Waals surface area contributed by atoms with Crippen molar-refractivity contribution in [1.29, 1.82) is 0 Å². The first kappa shape index (κ1) is 13.8. The third-order valence-electron chi connectivity index (χ3n) is 2.99. The molecule has 0 radical (unpaired) electrons. The van der Waals surface area contributed by atoms with Gasteiger partial charge < -0.3 is 9.84 Å². The Labute approximate surface area is 115 Å². The van der Waals surface area contributed by atoms with Crippen LogP contribution < -0.4 is 4.90 Å². The molecule has 0 bridgehead atoms. The monoisotopic (exact) mass is 275 g/mol. The van der Waals surface area contributed by atoms with E-state index < -0.39 is 23.9 Å². The van der Waals surface area contributed by atoms with Crippen molar-refractivity contribution < 1.29 is 24.2 Å². The lowest BCUT2D eigenvalue weighted by Crippen LogP contribution is -2.47. The Morgan fingerprint density at radius 3 is 2.80 bits per heavy atom. The van der Waals surface area contributed by atoms with Crippen LogP contribution in [0.4, 0.5) is 10.5 Å². The lowest BCUT2D eigenvalue weighted by atomic mass is 9.92. The standard InChI is InChI=1S/C14H13NO5/c1-2-7-20-13(17)10-8-9-5-3-4-6-11(9)15(12(10)16)14(18)19/h2-6,10H,1,7-8H2,(H,18,19). The van der Waals surface area contributed by atoms with Gasteiger partial charge in [-0.1, -0.05) is 30.9 Å². The Morgan fingerprint density at radius 2 is 2.15 bits per heavy atom. The van der Waals surface area contributed by atoms with Crippen molar-refractivity contribution in [3.63, 3.8) is 0 Å². The third kappa shape index (κ3) is 2.40. The summed E-state index contributed by atoms with van der Waals surface area (Å²) in [6.07, 6.45) is 0.103. The Balaban J connectivity index is 2.36. The molecule has 1 aromatic carbocycles. The minimum absolute atomic E-state index is 0.0165. The molecule has 1 unspecified atom stereocenters. The number of fused-ring (bicyclic) bond motifs is 1. The van der Waals surface area contributed by atoms with Crippen molar-refractivity contribution in [3.8, 4) is 0 Å². The van der Waals surface area contributed by atoms with Crippen LogP contribution in [0.15, 0.2) is 36.9 Å². The van der Waals surface area contributed by atoms with Gasteiger partial charge in [-0.3, -0.25) is 9.59 Å². The molecule has 20 heavy (non-hydrogen) atoms. The van der Waals surface area contributed by atoms with E-state index in [1.807, 2.05) is 0 Å². The summed E-state index contributed by atoms with van der Waals surface area (Å²) in [5.41, 5.74) is 0.910. The van der Waals surface area contributed by atoms with Gasteiger partial charge in [0.25, 0.3) is 5.91 Å². The fraction of sp³-hybridized carbons (Fsp3) is 0.214. The first-order valence-electron chi connectivity index (χ1n) is 5.98. The van der Waals surface area contributed by atoms with Crippen LogP contribution in [0.1, 0.15) is 5.56 Å². The Kier molecular flexibility index (Phi) is 3.84. The zero-order valence-electron chi connectivity index (χ0n) is 10.6. The van der Waals surface area contributed by atoms with Gasteiger partial charge in [-0.15, -0.1) is 0 Å². The molecule has 0 fully saturated rings. The summed E-state index contributed by atoms with van der Waals surface area (Å²) in [6.45, 7) is 3.39. The molecule has 0 saturated heterocycles. The van der Waals surface area contributed by atoms with Gasteiger partial charge in [0, 0.05) is 0 Å². The average Bonchev–Trinajstić information content (AvgIpc) is 2.43. The molecule has 0 spiro atoms. The number of carbonyl (C=O) groups excluding carboxylic acids is 2. The van der Waals surface area contributed by atoms with Crippen LogP contribution in [-0.2, 0) is 20.7 Å². The van der Waals surface area contributed by atoms with Crippen LogP contribution in [0, 0.1) is 5.92 Å². The molecular weight excluding hydrogens is 262 g/mol. The van der Waals surface area contributed by atoms with E-state index in [2.05, 4.69) is 6.58 Å². The predicted molar refractivity (Wildman–Crippen MR) is 70.3 cm³/mol. The molecule has 0 saturated carbocycles.